The van der Waals surface area contributed by atoms with Gasteiger partial charge in [0.15, 0.2) is 5.84 Å². The molecule has 17 heavy (non-hydrogen) atoms. The van der Waals surface area contributed by atoms with E-state index in [1.165, 1.54) is 0 Å². The van der Waals surface area contributed by atoms with E-state index >= 15 is 0 Å². The van der Waals surface area contributed by atoms with Gasteiger partial charge in [-0.3, -0.25) is 10.7 Å². The predicted molar refractivity (Wildman–Crippen MR) is 66.2 cm³/mol. The third-order valence-electron chi connectivity index (χ3n) is 2.28. The molecule has 0 unspecified atom stereocenters. The van der Waals surface area contributed by atoms with Gasteiger partial charge in [0.05, 0.1) is 5.69 Å². The van der Waals surface area contributed by atoms with Crippen molar-refractivity contribution >= 4 is 28.5 Å². The molecule has 2 rings (SSSR count). The standard InChI is InChI=1S/C12H11N3O2/c16-13-8-12(15-17)14-11-6-5-9-3-1-2-4-10(9)7-11/h1-8,16-17H,(H,14,15). The zero-order chi connectivity index (χ0) is 12.1. The second-order valence-corrected chi connectivity index (χ2v) is 3.38. The summed E-state index contributed by atoms with van der Waals surface area (Å²) in [5, 5.41) is 22.1. The Balaban J connectivity index is 2.42. The molecule has 0 spiro atoms. The fourth-order valence-electron chi connectivity index (χ4n) is 1.52. The lowest BCUT2D eigenvalue weighted by Gasteiger charge is -2.00. The Morgan fingerprint density at radius 2 is 1.88 bits per heavy atom. The maximum atomic E-state index is 8.75. The molecule has 0 saturated heterocycles. The molecule has 0 fully saturated rings. The number of hydroxylamine groups is 1. The van der Waals surface area contributed by atoms with E-state index in [-0.39, 0.29) is 5.84 Å². The zero-order valence-corrected chi connectivity index (χ0v) is 8.91. The van der Waals surface area contributed by atoms with Gasteiger partial charge in [-0.1, -0.05) is 35.5 Å². The van der Waals surface area contributed by atoms with E-state index in [0.717, 1.165) is 17.0 Å². The molecule has 0 aliphatic rings. The number of nitrogens with one attached hydrogen (secondary N) is 1. The van der Waals surface area contributed by atoms with Crippen molar-refractivity contribution in [1.29, 1.82) is 0 Å². The summed E-state index contributed by atoms with van der Waals surface area (Å²) in [6.07, 6.45) is 1.01. The normalized spacial score (nSPS) is 12.2. The van der Waals surface area contributed by atoms with Gasteiger partial charge < -0.3 is 5.21 Å². The highest BCUT2D eigenvalue weighted by atomic mass is 16.5. The Kier molecular flexibility index (Phi) is 3.32. The minimum Gasteiger partial charge on any atom is -0.411 e. The molecule has 0 amide bonds. The molecule has 3 N–H and O–H groups in total. The predicted octanol–water partition coefficient (Wildman–Crippen LogP) is 2.31. The smallest absolute Gasteiger partial charge is 0.172 e. The SMILES string of the molecule is ON=CC(=Nc1ccc2ccccc2c1)NO. The van der Waals surface area contributed by atoms with E-state index in [9.17, 15) is 0 Å². The minimum absolute atomic E-state index is 0.0581. The number of fused-ring (bicyclic) bond motifs is 1. The molecule has 0 bridgehead atoms. The Labute approximate surface area is 97.7 Å². The van der Waals surface area contributed by atoms with Crippen LogP contribution in [0.1, 0.15) is 0 Å². The van der Waals surface area contributed by atoms with Gasteiger partial charge in [-0.15, -0.1) is 0 Å². The van der Waals surface area contributed by atoms with E-state index in [4.69, 9.17) is 10.4 Å². The van der Waals surface area contributed by atoms with Crippen molar-refractivity contribution in [3.05, 3.63) is 42.5 Å². The average molecular weight is 229 g/mol. The molecule has 2 aromatic carbocycles. The number of hydrogen-bond donors (Lipinski definition) is 3. The summed E-state index contributed by atoms with van der Waals surface area (Å²) in [5.41, 5.74) is 2.49. The highest BCUT2D eigenvalue weighted by Crippen LogP contribution is 2.20. The molecule has 0 saturated carbocycles. The first-order chi connectivity index (χ1) is 8.33. The molecule has 0 radical (unpaired) electrons. The van der Waals surface area contributed by atoms with Crippen LogP contribution in [-0.4, -0.2) is 22.5 Å². The van der Waals surface area contributed by atoms with Crippen LogP contribution in [0, 0.1) is 0 Å². The molecule has 86 valence electrons. The van der Waals surface area contributed by atoms with Crippen molar-refractivity contribution in [2.24, 2.45) is 10.1 Å². The lowest BCUT2D eigenvalue weighted by atomic mass is 10.1. The Morgan fingerprint density at radius 1 is 1.12 bits per heavy atom. The third-order valence-corrected chi connectivity index (χ3v) is 2.28. The van der Waals surface area contributed by atoms with Crippen molar-refractivity contribution < 1.29 is 10.4 Å². The molecule has 2 aromatic rings. The summed E-state index contributed by atoms with van der Waals surface area (Å²) >= 11 is 0. The minimum atomic E-state index is 0.0581. The van der Waals surface area contributed by atoms with Crippen molar-refractivity contribution in [3.8, 4) is 0 Å². The van der Waals surface area contributed by atoms with Crippen LogP contribution in [0.2, 0.25) is 0 Å². The van der Waals surface area contributed by atoms with E-state index in [1.54, 1.807) is 0 Å². The van der Waals surface area contributed by atoms with Gasteiger partial charge in [0.25, 0.3) is 0 Å². The van der Waals surface area contributed by atoms with E-state index in [1.807, 2.05) is 47.9 Å². The molecule has 5 heteroatoms. The van der Waals surface area contributed by atoms with Gasteiger partial charge in [-0.25, -0.2) is 4.99 Å². The number of amidine groups is 1. The van der Waals surface area contributed by atoms with Crippen molar-refractivity contribution in [1.82, 2.24) is 5.48 Å². The monoisotopic (exact) mass is 229 g/mol. The fourth-order valence-corrected chi connectivity index (χ4v) is 1.52. The lowest BCUT2D eigenvalue weighted by molar-refractivity contribution is 0.236. The third kappa shape index (κ3) is 2.59. The summed E-state index contributed by atoms with van der Waals surface area (Å²) < 4.78 is 0. The van der Waals surface area contributed by atoms with Crippen LogP contribution in [0.3, 0.4) is 0 Å². The summed E-state index contributed by atoms with van der Waals surface area (Å²) in [5.74, 6) is 0.0581. The zero-order valence-electron chi connectivity index (χ0n) is 8.91. The maximum Gasteiger partial charge on any atom is 0.172 e. The Hall–Kier alpha value is -2.40. The molecular formula is C12H11N3O2. The van der Waals surface area contributed by atoms with Crippen molar-refractivity contribution in [2.45, 2.75) is 0 Å². The molecule has 5 nitrogen and oxygen atoms in total. The second kappa shape index (κ2) is 5.09. The van der Waals surface area contributed by atoms with Gasteiger partial charge in [-0.2, -0.15) is 0 Å². The van der Waals surface area contributed by atoms with Crippen LogP contribution in [0.4, 0.5) is 5.69 Å². The van der Waals surface area contributed by atoms with E-state index in [2.05, 4.69) is 10.1 Å². The van der Waals surface area contributed by atoms with Crippen LogP contribution >= 0.6 is 0 Å². The Bertz CT molecular complexity index is 579. The van der Waals surface area contributed by atoms with Gasteiger partial charge >= 0.3 is 0 Å². The number of hydrogen-bond acceptors (Lipinski definition) is 4. The van der Waals surface area contributed by atoms with Gasteiger partial charge in [0.2, 0.25) is 0 Å². The summed E-state index contributed by atoms with van der Waals surface area (Å²) in [6.45, 7) is 0. The number of aliphatic imine (C=N–C) groups is 1. The van der Waals surface area contributed by atoms with E-state index < -0.39 is 0 Å². The van der Waals surface area contributed by atoms with Gasteiger partial charge in [-0.05, 0) is 22.9 Å². The molecule has 0 atom stereocenters. The summed E-state index contributed by atoms with van der Waals surface area (Å²) in [4.78, 5) is 4.06. The molecular weight excluding hydrogens is 218 g/mol. The Morgan fingerprint density at radius 3 is 2.59 bits per heavy atom. The summed E-state index contributed by atoms with van der Waals surface area (Å²) in [7, 11) is 0. The highest BCUT2D eigenvalue weighted by Gasteiger charge is 1.97. The van der Waals surface area contributed by atoms with Crippen LogP contribution in [0.5, 0.6) is 0 Å². The van der Waals surface area contributed by atoms with Crippen LogP contribution in [0.25, 0.3) is 10.8 Å². The molecule has 0 aliphatic carbocycles. The van der Waals surface area contributed by atoms with Crippen LogP contribution in [0.15, 0.2) is 52.6 Å². The molecule has 0 aromatic heterocycles. The number of rotatable bonds is 2. The topological polar surface area (TPSA) is 77.2 Å². The highest BCUT2D eigenvalue weighted by molar-refractivity contribution is 6.29. The van der Waals surface area contributed by atoms with Crippen molar-refractivity contribution in [3.63, 3.8) is 0 Å². The molecule has 0 heterocycles. The first-order valence-electron chi connectivity index (χ1n) is 4.98. The number of nitrogens with zero attached hydrogens (tertiary/aromatic N) is 2. The van der Waals surface area contributed by atoms with Gasteiger partial charge in [0.1, 0.15) is 6.21 Å². The average Bonchev–Trinajstić information content (AvgIpc) is 2.38. The lowest BCUT2D eigenvalue weighted by Crippen LogP contribution is -2.19. The second-order valence-electron chi connectivity index (χ2n) is 3.38. The summed E-state index contributed by atoms with van der Waals surface area (Å²) in [6, 6.07) is 13.5. The number of oxime groups is 1. The maximum absolute atomic E-state index is 8.75. The van der Waals surface area contributed by atoms with Gasteiger partial charge in [0, 0.05) is 0 Å². The largest absolute Gasteiger partial charge is 0.411 e. The van der Waals surface area contributed by atoms with E-state index in [0.29, 0.717) is 5.69 Å². The van der Waals surface area contributed by atoms with Crippen molar-refractivity contribution in [2.75, 3.05) is 0 Å². The quantitative estimate of drug-likeness (QED) is 0.320. The van der Waals surface area contributed by atoms with Crippen LogP contribution < -0.4 is 5.48 Å². The molecule has 0 aliphatic heterocycles. The van der Waals surface area contributed by atoms with Crippen LogP contribution in [-0.2, 0) is 0 Å². The number of benzene rings is 2. The first-order valence-corrected chi connectivity index (χ1v) is 4.98. The first kappa shape index (κ1) is 11.1. The fraction of sp³-hybridized carbons (Fsp3) is 0.